The fourth-order valence-electron chi connectivity index (χ4n) is 1.17. The predicted molar refractivity (Wildman–Crippen MR) is 58.2 cm³/mol. The quantitative estimate of drug-likeness (QED) is 0.424. The topological polar surface area (TPSA) is 47.3 Å². The van der Waals surface area contributed by atoms with Crippen LogP contribution in [0.15, 0.2) is 18.2 Å². The Bertz CT molecular complexity index is 287. The van der Waals surface area contributed by atoms with Crippen molar-refractivity contribution in [3.05, 3.63) is 29.3 Å². The van der Waals surface area contributed by atoms with Gasteiger partial charge in [0.05, 0.1) is 6.61 Å². The van der Waals surface area contributed by atoms with Crippen molar-refractivity contribution in [1.82, 2.24) is 5.43 Å². The van der Waals surface area contributed by atoms with E-state index in [4.69, 9.17) is 10.6 Å². The summed E-state index contributed by atoms with van der Waals surface area (Å²) in [4.78, 5) is 0. The van der Waals surface area contributed by atoms with Gasteiger partial charge in [0.15, 0.2) is 0 Å². The minimum Gasteiger partial charge on any atom is -0.494 e. The lowest BCUT2D eigenvalue weighted by molar-refractivity contribution is 0.308. The summed E-state index contributed by atoms with van der Waals surface area (Å²) in [7, 11) is 0. The summed E-state index contributed by atoms with van der Waals surface area (Å²) in [6.07, 6.45) is 0.920. The van der Waals surface area contributed by atoms with E-state index in [0.29, 0.717) is 6.61 Å². The molecule has 0 unspecified atom stereocenters. The van der Waals surface area contributed by atoms with E-state index in [-0.39, 0.29) is 0 Å². The molecule has 0 saturated carbocycles. The minimum atomic E-state index is 0.701. The molecule has 0 atom stereocenters. The van der Waals surface area contributed by atoms with E-state index in [1.54, 1.807) is 0 Å². The van der Waals surface area contributed by atoms with Crippen LogP contribution in [0.2, 0.25) is 0 Å². The second-order valence-electron chi connectivity index (χ2n) is 3.40. The van der Waals surface area contributed by atoms with Crippen molar-refractivity contribution in [2.75, 3.05) is 13.2 Å². The first-order valence-electron chi connectivity index (χ1n) is 4.87. The summed E-state index contributed by atoms with van der Waals surface area (Å²) >= 11 is 0. The second kappa shape index (κ2) is 5.62. The molecule has 0 aliphatic rings. The molecule has 78 valence electrons. The highest BCUT2D eigenvalue weighted by molar-refractivity contribution is 5.33. The van der Waals surface area contributed by atoms with Crippen LogP contribution in [0, 0.1) is 13.8 Å². The summed E-state index contributed by atoms with van der Waals surface area (Å²) < 4.78 is 5.55. The van der Waals surface area contributed by atoms with Gasteiger partial charge >= 0.3 is 0 Å². The lowest BCUT2D eigenvalue weighted by atomic mass is 10.1. The number of nitrogens with one attached hydrogen (secondary N) is 1. The number of rotatable bonds is 5. The van der Waals surface area contributed by atoms with Crippen molar-refractivity contribution in [3.8, 4) is 5.75 Å². The van der Waals surface area contributed by atoms with E-state index in [1.165, 1.54) is 11.1 Å². The fourth-order valence-corrected chi connectivity index (χ4v) is 1.17. The molecule has 3 heteroatoms. The van der Waals surface area contributed by atoms with Crippen molar-refractivity contribution in [2.24, 2.45) is 5.84 Å². The molecule has 0 radical (unpaired) electrons. The summed E-state index contributed by atoms with van der Waals surface area (Å²) in [6.45, 7) is 5.67. The zero-order chi connectivity index (χ0) is 10.4. The van der Waals surface area contributed by atoms with Crippen LogP contribution < -0.4 is 16.0 Å². The number of ether oxygens (including phenoxy) is 1. The number of nitrogens with two attached hydrogens (primary N) is 1. The summed E-state index contributed by atoms with van der Waals surface area (Å²) in [5.74, 6) is 6.08. The molecular formula is C11H18N2O. The van der Waals surface area contributed by atoms with Gasteiger partial charge in [0.25, 0.3) is 0 Å². The van der Waals surface area contributed by atoms with Crippen LogP contribution in [0.5, 0.6) is 5.75 Å². The molecule has 0 amide bonds. The van der Waals surface area contributed by atoms with Crippen LogP contribution in [-0.2, 0) is 0 Å². The fraction of sp³-hybridized carbons (Fsp3) is 0.455. The average molecular weight is 194 g/mol. The number of hydrogen-bond acceptors (Lipinski definition) is 3. The molecule has 0 aliphatic carbocycles. The number of hydrogen-bond donors (Lipinski definition) is 2. The van der Waals surface area contributed by atoms with Gasteiger partial charge in [0.1, 0.15) is 5.75 Å². The molecule has 0 aromatic heterocycles. The predicted octanol–water partition coefficient (Wildman–Crippen LogP) is 1.54. The van der Waals surface area contributed by atoms with Crippen molar-refractivity contribution in [1.29, 1.82) is 0 Å². The highest BCUT2D eigenvalue weighted by Gasteiger charge is 1.96. The van der Waals surface area contributed by atoms with Crippen LogP contribution in [0.25, 0.3) is 0 Å². The van der Waals surface area contributed by atoms with E-state index in [9.17, 15) is 0 Å². The van der Waals surface area contributed by atoms with Gasteiger partial charge in [-0.1, -0.05) is 6.07 Å². The number of aryl methyl sites for hydroxylation is 2. The molecule has 1 rings (SSSR count). The summed E-state index contributed by atoms with van der Waals surface area (Å²) in [5, 5.41) is 0. The molecule has 1 aromatic carbocycles. The third-order valence-corrected chi connectivity index (χ3v) is 2.21. The van der Waals surface area contributed by atoms with Gasteiger partial charge in [-0.05, 0) is 43.5 Å². The van der Waals surface area contributed by atoms with Crippen LogP contribution >= 0.6 is 0 Å². The third-order valence-electron chi connectivity index (χ3n) is 2.21. The monoisotopic (exact) mass is 194 g/mol. The van der Waals surface area contributed by atoms with Crippen molar-refractivity contribution in [2.45, 2.75) is 20.3 Å². The number of hydrazine groups is 1. The minimum absolute atomic E-state index is 0.701. The molecule has 1 aromatic rings. The molecular weight excluding hydrogens is 176 g/mol. The highest BCUT2D eigenvalue weighted by atomic mass is 16.5. The average Bonchev–Trinajstić information content (AvgIpc) is 2.18. The lowest BCUT2D eigenvalue weighted by Gasteiger charge is -2.07. The third kappa shape index (κ3) is 3.36. The Morgan fingerprint density at radius 1 is 1.29 bits per heavy atom. The summed E-state index contributed by atoms with van der Waals surface area (Å²) in [5.41, 5.74) is 5.15. The largest absolute Gasteiger partial charge is 0.494 e. The van der Waals surface area contributed by atoms with Crippen LogP contribution in [0.4, 0.5) is 0 Å². The van der Waals surface area contributed by atoms with Crippen LogP contribution in [0.3, 0.4) is 0 Å². The first kappa shape index (κ1) is 11.0. The van der Waals surface area contributed by atoms with Crippen molar-refractivity contribution < 1.29 is 4.74 Å². The smallest absolute Gasteiger partial charge is 0.119 e. The first-order chi connectivity index (χ1) is 6.74. The van der Waals surface area contributed by atoms with Crippen molar-refractivity contribution >= 4 is 0 Å². The van der Waals surface area contributed by atoms with E-state index in [2.05, 4.69) is 31.4 Å². The van der Waals surface area contributed by atoms with E-state index in [1.807, 2.05) is 6.07 Å². The van der Waals surface area contributed by atoms with Gasteiger partial charge in [0, 0.05) is 6.54 Å². The maximum absolute atomic E-state index is 5.55. The van der Waals surface area contributed by atoms with E-state index < -0.39 is 0 Å². The Balaban J connectivity index is 2.39. The van der Waals surface area contributed by atoms with Gasteiger partial charge in [-0.2, -0.15) is 0 Å². The van der Waals surface area contributed by atoms with Gasteiger partial charge in [-0.25, -0.2) is 0 Å². The number of benzene rings is 1. The molecule has 3 N–H and O–H groups in total. The maximum atomic E-state index is 5.55. The van der Waals surface area contributed by atoms with Crippen molar-refractivity contribution in [3.63, 3.8) is 0 Å². The highest BCUT2D eigenvalue weighted by Crippen LogP contribution is 2.16. The van der Waals surface area contributed by atoms with Gasteiger partial charge in [0.2, 0.25) is 0 Å². The van der Waals surface area contributed by atoms with Gasteiger partial charge in [-0.15, -0.1) is 0 Å². The Morgan fingerprint density at radius 3 is 2.71 bits per heavy atom. The molecule has 0 spiro atoms. The zero-order valence-corrected chi connectivity index (χ0v) is 8.84. The molecule has 0 fully saturated rings. The van der Waals surface area contributed by atoms with E-state index in [0.717, 1.165) is 18.7 Å². The maximum Gasteiger partial charge on any atom is 0.119 e. The molecule has 3 nitrogen and oxygen atoms in total. The molecule has 14 heavy (non-hydrogen) atoms. The van der Waals surface area contributed by atoms with Gasteiger partial charge in [-0.3, -0.25) is 11.3 Å². The lowest BCUT2D eigenvalue weighted by Crippen LogP contribution is -2.24. The molecule has 0 bridgehead atoms. The van der Waals surface area contributed by atoms with Crippen LogP contribution in [-0.4, -0.2) is 13.2 Å². The Hall–Kier alpha value is -1.06. The Morgan fingerprint density at radius 2 is 2.07 bits per heavy atom. The molecule has 0 heterocycles. The Labute approximate surface area is 85.2 Å². The van der Waals surface area contributed by atoms with Gasteiger partial charge < -0.3 is 4.74 Å². The molecule has 0 aliphatic heterocycles. The molecule has 0 saturated heterocycles. The Kier molecular flexibility index (Phi) is 4.43. The first-order valence-corrected chi connectivity index (χ1v) is 4.87. The summed E-state index contributed by atoms with van der Waals surface area (Å²) in [6, 6.07) is 6.13. The van der Waals surface area contributed by atoms with E-state index >= 15 is 0 Å². The normalized spacial score (nSPS) is 10.2. The zero-order valence-electron chi connectivity index (χ0n) is 8.84. The standard InChI is InChI=1S/C11H18N2O/c1-9-4-5-11(8-10(9)2)14-7-3-6-13-12/h4-5,8,13H,3,6-7,12H2,1-2H3. The SMILES string of the molecule is Cc1ccc(OCCCNN)cc1C. The second-order valence-corrected chi connectivity index (χ2v) is 3.40. The van der Waals surface area contributed by atoms with Crippen LogP contribution in [0.1, 0.15) is 17.5 Å².